The highest BCUT2D eigenvalue weighted by Crippen LogP contribution is 2.39. The number of urea groups is 1. The maximum atomic E-state index is 13.9. The number of likely N-dealkylation sites (tertiary alicyclic amines) is 1. The van der Waals surface area contributed by atoms with E-state index < -0.39 is 74.3 Å². The van der Waals surface area contributed by atoms with Crippen molar-refractivity contribution >= 4 is 27.8 Å². The fourth-order valence-electron chi connectivity index (χ4n) is 6.62. The number of ether oxygens (including phenoxy) is 1. The van der Waals surface area contributed by atoms with Gasteiger partial charge < -0.3 is 14.5 Å². The van der Waals surface area contributed by atoms with Crippen LogP contribution >= 0.6 is 0 Å². The van der Waals surface area contributed by atoms with Crippen LogP contribution in [0.5, 0.6) is 0 Å². The molecule has 2 heterocycles. The van der Waals surface area contributed by atoms with Gasteiger partial charge in [-0.15, -0.1) is 0 Å². The second kappa shape index (κ2) is 15.3. The van der Waals surface area contributed by atoms with Crippen LogP contribution in [-0.2, 0) is 33.7 Å². The molecule has 0 aromatic heterocycles. The van der Waals surface area contributed by atoms with Gasteiger partial charge in [-0.05, 0) is 60.7 Å². The standard InChI is InChI=1S/C35H37F7N4O5S/c1-43(28-19-25(34(37,38)39)18-26(20-28)35(40,41)42)32(47)44(2)31-14-17-46(21-30(31)24-8-10-27(36)11-9-24)52(49,50)29-12-15-45(16-13-29)33(48)51-22-23-6-4-3-5-7-23/h3-11,18-20,29-31H,12-17,21-22H2,1-2H3/t30-,31+/m0/s1. The van der Waals surface area contributed by atoms with Crippen LogP contribution in [0.4, 0.5) is 46.0 Å². The largest absolute Gasteiger partial charge is 0.445 e. The smallest absolute Gasteiger partial charge is 0.416 e. The molecule has 3 aromatic rings. The lowest BCUT2D eigenvalue weighted by Crippen LogP contribution is -2.56. The third-order valence-corrected chi connectivity index (χ3v) is 11.9. The summed E-state index contributed by atoms with van der Waals surface area (Å²) in [5.41, 5.74) is -2.54. The third kappa shape index (κ3) is 8.80. The summed E-state index contributed by atoms with van der Waals surface area (Å²) in [4.78, 5) is 29.6. The number of rotatable bonds is 7. The average Bonchev–Trinajstić information content (AvgIpc) is 3.12. The Bertz CT molecular complexity index is 1800. The summed E-state index contributed by atoms with van der Waals surface area (Å²) in [5, 5.41) is -0.828. The van der Waals surface area contributed by atoms with E-state index in [1.54, 1.807) is 0 Å². The summed E-state index contributed by atoms with van der Waals surface area (Å²) < 4.78 is 130. The van der Waals surface area contributed by atoms with Gasteiger partial charge in [0.05, 0.1) is 16.4 Å². The van der Waals surface area contributed by atoms with E-state index in [4.69, 9.17) is 4.74 Å². The molecule has 2 fully saturated rings. The first-order chi connectivity index (χ1) is 24.4. The predicted molar refractivity (Wildman–Crippen MR) is 177 cm³/mol. The molecule has 0 saturated carbocycles. The van der Waals surface area contributed by atoms with Gasteiger partial charge in [0.2, 0.25) is 10.0 Å². The summed E-state index contributed by atoms with van der Waals surface area (Å²) >= 11 is 0. The molecule has 0 N–H and O–H groups in total. The Morgan fingerprint density at radius 1 is 0.827 bits per heavy atom. The Kier molecular flexibility index (Phi) is 11.4. The summed E-state index contributed by atoms with van der Waals surface area (Å²) in [6.07, 6.45) is -10.5. The second-order valence-corrected chi connectivity index (χ2v) is 15.1. The number of anilines is 1. The fraction of sp³-hybridized carbons (Fsp3) is 0.429. The van der Waals surface area contributed by atoms with E-state index in [9.17, 15) is 48.7 Å². The van der Waals surface area contributed by atoms with Gasteiger partial charge in [-0.3, -0.25) is 4.90 Å². The number of carbonyl (C=O) groups is 2. The number of hydrogen-bond acceptors (Lipinski definition) is 5. The fourth-order valence-corrected chi connectivity index (χ4v) is 8.58. The molecular formula is C35H37F7N4O5S. The van der Waals surface area contributed by atoms with Crippen molar-refractivity contribution in [2.24, 2.45) is 0 Å². The molecule has 5 rings (SSSR count). The molecular weight excluding hydrogens is 721 g/mol. The van der Waals surface area contributed by atoms with Crippen molar-refractivity contribution in [2.45, 2.75) is 55.4 Å². The molecule has 2 atom stereocenters. The predicted octanol–water partition coefficient (Wildman–Crippen LogP) is 7.34. The highest BCUT2D eigenvalue weighted by molar-refractivity contribution is 7.89. The number of halogens is 7. The quantitative estimate of drug-likeness (QED) is 0.236. The summed E-state index contributed by atoms with van der Waals surface area (Å²) in [5.74, 6) is -1.31. The van der Waals surface area contributed by atoms with Crippen molar-refractivity contribution in [3.05, 3.63) is 101 Å². The van der Waals surface area contributed by atoms with Crippen molar-refractivity contribution in [2.75, 3.05) is 45.2 Å². The first-order valence-corrected chi connectivity index (χ1v) is 17.9. The molecule has 3 amide bonds. The molecule has 52 heavy (non-hydrogen) atoms. The van der Waals surface area contributed by atoms with E-state index in [1.165, 1.54) is 40.5 Å². The van der Waals surface area contributed by atoms with Gasteiger partial charge in [-0.2, -0.15) is 26.3 Å². The molecule has 17 heteroatoms. The molecule has 2 saturated heterocycles. The molecule has 0 unspecified atom stereocenters. The van der Waals surface area contributed by atoms with Gasteiger partial charge >= 0.3 is 24.5 Å². The summed E-state index contributed by atoms with van der Waals surface area (Å²) in [6, 6.07) is 13.4. The van der Waals surface area contributed by atoms with Crippen molar-refractivity contribution < 1.29 is 53.5 Å². The van der Waals surface area contributed by atoms with E-state index in [0.717, 1.165) is 17.5 Å². The zero-order chi connectivity index (χ0) is 38.0. The maximum Gasteiger partial charge on any atom is 0.416 e. The zero-order valence-electron chi connectivity index (χ0n) is 28.2. The molecule has 2 aliphatic rings. The third-order valence-electron chi connectivity index (χ3n) is 9.57. The van der Waals surface area contributed by atoms with Crippen molar-refractivity contribution in [1.29, 1.82) is 0 Å². The van der Waals surface area contributed by atoms with Gasteiger partial charge in [-0.1, -0.05) is 42.5 Å². The van der Waals surface area contributed by atoms with Gasteiger partial charge in [0.1, 0.15) is 12.4 Å². The first kappa shape index (κ1) is 38.8. The Morgan fingerprint density at radius 3 is 1.96 bits per heavy atom. The molecule has 3 aromatic carbocycles. The number of benzene rings is 3. The number of amides is 3. The van der Waals surface area contributed by atoms with Crippen LogP contribution in [0.25, 0.3) is 0 Å². The minimum atomic E-state index is -5.12. The highest BCUT2D eigenvalue weighted by Gasteiger charge is 2.44. The normalized spacial score (nSPS) is 19.3. The number of alkyl halides is 6. The van der Waals surface area contributed by atoms with Crippen LogP contribution in [0, 0.1) is 5.82 Å². The topological polar surface area (TPSA) is 90.5 Å². The van der Waals surface area contributed by atoms with Crippen LogP contribution in [-0.4, -0.2) is 86.2 Å². The van der Waals surface area contributed by atoms with Gasteiger partial charge in [0.15, 0.2) is 0 Å². The zero-order valence-corrected chi connectivity index (χ0v) is 29.0. The number of sulfonamides is 1. The van der Waals surface area contributed by atoms with Crippen LogP contribution in [0.3, 0.4) is 0 Å². The van der Waals surface area contributed by atoms with E-state index in [1.807, 2.05) is 30.3 Å². The minimum absolute atomic E-state index is 0.0339. The van der Waals surface area contributed by atoms with Crippen molar-refractivity contribution in [3.8, 4) is 0 Å². The average molecular weight is 759 g/mol. The van der Waals surface area contributed by atoms with Crippen molar-refractivity contribution in [1.82, 2.24) is 14.1 Å². The lowest BCUT2D eigenvalue weighted by molar-refractivity contribution is -0.143. The number of carbonyl (C=O) groups excluding carboxylic acids is 2. The van der Waals surface area contributed by atoms with E-state index in [-0.39, 0.29) is 58.1 Å². The van der Waals surface area contributed by atoms with E-state index in [2.05, 4.69) is 0 Å². The molecule has 0 radical (unpaired) electrons. The number of piperidine rings is 2. The van der Waals surface area contributed by atoms with Crippen LogP contribution in [0.15, 0.2) is 72.8 Å². The number of nitrogens with zero attached hydrogens (tertiary/aromatic N) is 4. The molecule has 0 bridgehead atoms. The Morgan fingerprint density at radius 2 is 1.40 bits per heavy atom. The number of hydrogen-bond donors (Lipinski definition) is 0. The van der Waals surface area contributed by atoms with Gasteiger partial charge in [0, 0.05) is 57.9 Å². The SMILES string of the molecule is CN(C(=O)N(C)[C@@H]1CCN(S(=O)(=O)C2CCN(C(=O)OCc3ccccc3)CC2)C[C@H]1c1ccc(F)cc1)c1cc(C(F)(F)F)cc(C(F)(F)F)c1. The summed E-state index contributed by atoms with van der Waals surface area (Å²) in [7, 11) is -1.58. The number of likely N-dealkylation sites (N-methyl/N-ethyl adjacent to an activating group) is 1. The van der Waals surface area contributed by atoms with Crippen molar-refractivity contribution in [3.63, 3.8) is 0 Å². The molecule has 282 valence electrons. The maximum absolute atomic E-state index is 13.9. The van der Waals surface area contributed by atoms with Gasteiger partial charge in [-0.25, -0.2) is 26.7 Å². The summed E-state index contributed by atoms with van der Waals surface area (Å²) in [6.45, 7) is 0.169. The second-order valence-electron chi connectivity index (χ2n) is 12.9. The highest BCUT2D eigenvalue weighted by atomic mass is 32.2. The van der Waals surface area contributed by atoms with E-state index in [0.29, 0.717) is 22.6 Å². The molecule has 2 aliphatic heterocycles. The molecule has 0 spiro atoms. The molecule has 9 nitrogen and oxygen atoms in total. The van der Waals surface area contributed by atoms with Gasteiger partial charge in [0.25, 0.3) is 0 Å². The molecule has 0 aliphatic carbocycles. The van der Waals surface area contributed by atoms with Crippen LogP contribution in [0.1, 0.15) is 47.4 Å². The lowest BCUT2D eigenvalue weighted by Gasteiger charge is -2.44. The lowest BCUT2D eigenvalue weighted by atomic mass is 9.86. The first-order valence-electron chi connectivity index (χ1n) is 16.4. The minimum Gasteiger partial charge on any atom is -0.445 e. The monoisotopic (exact) mass is 758 g/mol. The van der Waals surface area contributed by atoms with Crippen LogP contribution in [0.2, 0.25) is 0 Å². The van der Waals surface area contributed by atoms with Crippen LogP contribution < -0.4 is 4.90 Å². The Balaban J connectivity index is 1.31. The Labute approximate surface area is 296 Å². The van der Waals surface area contributed by atoms with E-state index >= 15 is 0 Å². The Hall–Kier alpha value is -4.38.